The first-order chi connectivity index (χ1) is 5.02. The molecule has 11 heavy (non-hydrogen) atoms. The van der Waals surface area contributed by atoms with E-state index in [1.165, 1.54) is 5.20 Å². The van der Waals surface area contributed by atoms with Crippen molar-refractivity contribution < 1.29 is 4.80 Å². The van der Waals surface area contributed by atoms with Gasteiger partial charge in [0.2, 0.25) is 8.32 Å². The molecule has 0 heterocycles. The second-order valence-electron chi connectivity index (χ2n) is 3.45. The summed E-state index contributed by atoms with van der Waals surface area (Å²) in [7, 11) is -1.97. The summed E-state index contributed by atoms with van der Waals surface area (Å²) in [6.45, 7) is 8.26. The summed E-state index contributed by atoms with van der Waals surface area (Å²) < 4.78 is 0. The Bertz CT molecular complexity index is 133. The van der Waals surface area contributed by atoms with Crippen LogP contribution in [0.15, 0.2) is 11.3 Å². The molecule has 0 fully saturated rings. The quantitative estimate of drug-likeness (QED) is 0.647. The zero-order valence-corrected chi connectivity index (χ0v) is 9.15. The first kappa shape index (κ1) is 10.9. The van der Waals surface area contributed by atoms with Crippen molar-refractivity contribution in [3.05, 3.63) is 11.3 Å². The summed E-state index contributed by atoms with van der Waals surface area (Å²) in [5, 5.41) is 1.31. The molecule has 0 aromatic carbocycles. The maximum absolute atomic E-state index is 9.81. The minimum Gasteiger partial charge on any atom is -0.428 e. The Morgan fingerprint density at radius 2 is 1.91 bits per heavy atom. The van der Waals surface area contributed by atoms with Crippen molar-refractivity contribution in [2.24, 2.45) is 0 Å². The maximum atomic E-state index is 9.81. The van der Waals surface area contributed by atoms with Crippen molar-refractivity contribution in [2.75, 3.05) is 0 Å². The van der Waals surface area contributed by atoms with Gasteiger partial charge in [0.1, 0.15) is 0 Å². The van der Waals surface area contributed by atoms with Gasteiger partial charge in [0.25, 0.3) is 0 Å². The van der Waals surface area contributed by atoms with E-state index in [1.807, 2.05) is 13.1 Å². The molecule has 0 radical (unpaired) electrons. The minimum absolute atomic E-state index is 1.05. The fourth-order valence-electron chi connectivity index (χ4n) is 1.17. The summed E-state index contributed by atoms with van der Waals surface area (Å²) in [4.78, 5) is 9.81. The van der Waals surface area contributed by atoms with Crippen LogP contribution in [0.2, 0.25) is 13.1 Å². The van der Waals surface area contributed by atoms with Gasteiger partial charge < -0.3 is 4.80 Å². The van der Waals surface area contributed by atoms with Crippen LogP contribution in [-0.2, 0) is 0 Å². The number of hydrogen-bond donors (Lipinski definition) is 1. The normalized spacial score (nSPS) is 13.7. The van der Waals surface area contributed by atoms with Crippen LogP contribution in [0.25, 0.3) is 0 Å². The Labute approximate surface area is 71.3 Å². The van der Waals surface area contributed by atoms with E-state index in [9.17, 15) is 4.80 Å². The molecule has 2 heteroatoms. The van der Waals surface area contributed by atoms with E-state index in [0.29, 0.717) is 0 Å². The summed E-state index contributed by atoms with van der Waals surface area (Å²) in [5.74, 6) is 0. The highest BCUT2D eigenvalue weighted by atomic mass is 28.4. The molecule has 0 spiro atoms. The van der Waals surface area contributed by atoms with E-state index < -0.39 is 8.32 Å². The van der Waals surface area contributed by atoms with E-state index in [2.05, 4.69) is 19.9 Å². The van der Waals surface area contributed by atoms with Crippen molar-refractivity contribution in [3.63, 3.8) is 0 Å². The molecule has 0 rings (SSSR count). The molecule has 0 saturated heterocycles. The average Bonchev–Trinajstić information content (AvgIpc) is 1.85. The fourth-order valence-corrected chi connectivity index (χ4v) is 2.74. The van der Waals surface area contributed by atoms with Crippen LogP contribution >= 0.6 is 0 Å². The highest BCUT2D eigenvalue weighted by Crippen LogP contribution is 2.17. The van der Waals surface area contributed by atoms with Gasteiger partial charge in [-0.15, -0.1) is 0 Å². The Balaban J connectivity index is 4.22. The fraction of sp³-hybridized carbons (Fsp3) is 0.778. The average molecular weight is 172 g/mol. The standard InChI is InChI=1S/C9H20OSi/c1-5-7-9(8-6-2)11(3,4)10/h7,10H,5-6,8H2,1-4H3/b9-7-. The Morgan fingerprint density at radius 3 is 2.18 bits per heavy atom. The molecule has 0 aromatic heterocycles. The van der Waals surface area contributed by atoms with Crippen molar-refractivity contribution in [1.29, 1.82) is 0 Å². The van der Waals surface area contributed by atoms with Crippen molar-refractivity contribution in [1.82, 2.24) is 0 Å². The van der Waals surface area contributed by atoms with Crippen LogP contribution in [0.4, 0.5) is 0 Å². The predicted molar refractivity (Wildman–Crippen MR) is 53.0 cm³/mol. The Kier molecular flexibility index (Phi) is 4.69. The lowest BCUT2D eigenvalue weighted by Gasteiger charge is -2.18. The molecule has 1 N–H and O–H groups in total. The maximum Gasteiger partial charge on any atom is 0.209 e. The Hall–Kier alpha value is -0.0831. The molecule has 0 atom stereocenters. The largest absolute Gasteiger partial charge is 0.428 e. The SMILES string of the molecule is CC/C=C(/CCC)[Si](C)(C)O. The second-order valence-corrected chi connectivity index (χ2v) is 7.21. The van der Waals surface area contributed by atoms with Crippen LogP contribution < -0.4 is 0 Å². The Morgan fingerprint density at radius 1 is 1.36 bits per heavy atom. The third-order valence-corrected chi connectivity index (χ3v) is 3.78. The first-order valence-corrected chi connectivity index (χ1v) is 7.39. The smallest absolute Gasteiger partial charge is 0.209 e. The van der Waals surface area contributed by atoms with E-state index in [1.54, 1.807) is 0 Å². The van der Waals surface area contributed by atoms with Crippen molar-refractivity contribution in [2.45, 2.75) is 46.2 Å². The van der Waals surface area contributed by atoms with Crippen LogP contribution in [0.1, 0.15) is 33.1 Å². The summed E-state index contributed by atoms with van der Waals surface area (Å²) in [6, 6.07) is 0. The molecule has 1 nitrogen and oxygen atoms in total. The molecular weight excluding hydrogens is 152 g/mol. The highest BCUT2D eigenvalue weighted by Gasteiger charge is 2.21. The third kappa shape index (κ3) is 4.38. The third-order valence-electron chi connectivity index (χ3n) is 1.76. The van der Waals surface area contributed by atoms with Gasteiger partial charge in [-0.05, 0) is 25.9 Å². The van der Waals surface area contributed by atoms with Gasteiger partial charge in [0.05, 0.1) is 0 Å². The molecule has 0 aliphatic heterocycles. The van der Waals surface area contributed by atoms with E-state index in [4.69, 9.17) is 0 Å². The molecule has 0 saturated carbocycles. The number of allylic oxidation sites excluding steroid dienone is 2. The topological polar surface area (TPSA) is 20.2 Å². The van der Waals surface area contributed by atoms with Crippen LogP contribution in [0.3, 0.4) is 0 Å². The molecule has 0 unspecified atom stereocenters. The summed E-state index contributed by atoms with van der Waals surface area (Å²) >= 11 is 0. The van der Waals surface area contributed by atoms with Gasteiger partial charge in [-0.25, -0.2) is 0 Å². The highest BCUT2D eigenvalue weighted by molar-refractivity contribution is 6.77. The molecule has 0 aliphatic rings. The van der Waals surface area contributed by atoms with Gasteiger partial charge in [0, 0.05) is 0 Å². The second kappa shape index (κ2) is 4.73. The lowest BCUT2D eigenvalue weighted by molar-refractivity contribution is 0.557. The van der Waals surface area contributed by atoms with E-state index in [-0.39, 0.29) is 0 Å². The zero-order chi connectivity index (χ0) is 8.91. The monoisotopic (exact) mass is 172 g/mol. The molecule has 0 aliphatic carbocycles. The van der Waals surface area contributed by atoms with Crippen LogP contribution in [0, 0.1) is 0 Å². The molecule has 66 valence electrons. The molecule has 0 aromatic rings. The van der Waals surface area contributed by atoms with Crippen LogP contribution in [-0.4, -0.2) is 13.1 Å². The molecular formula is C9H20OSi. The number of rotatable bonds is 4. The van der Waals surface area contributed by atoms with Crippen molar-refractivity contribution >= 4 is 8.32 Å². The predicted octanol–water partition coefficient (Wildman–Crippen LogP) is 2.86. The lowest BCUT2D eigenvalue weighted by Crippen LogP contribution is -2.28. The summed E-state index contributed by atoms with van der Waals surface area (Å²) in [6.07, 6.45) is 5.45. The van der Waals surface area contributed by atoms with Gasteiger partial charge in [-0.3, -0.25) is 0 Å². The van der Waals surface area contributed by atoms with E-state index in [0.717, 1.165) is 19.3 Å². The lowest BCUT2D eigenvalue weighted by atomic mass is 10.3. The summed E-state index contributed by atoms with van der Waals surface area (Å²) in [5.41, 5.74) is 0. The number of hydrogen-bond acceptors (Lipinski definition) is 1. The minimum atomic E-state index is -1.97. The van der Waals surface area contributed by atoms with Gasteiger partial charge in [-0.2, -0.15) is 0 Å². The van der Waals surface area contributed by atoms with Gasteiger partial charge >= 0.3 is 0 Å². The van der Waals surface area contributed by atoms with Gasteiger partial charge in [0.15, 0.2) is 0 Å². The molecule has 0 bridgehead atoms. The van der Waals surface area contributed by atoms with Crippen LogP contribution in [0.5, 0.6) is 0 Å². The first-order valence-electron chi connectivity index (χ1n) is 4.44. The van der Waals surface area contributed by atoms with Gasteiger partial charge in [-0.1, -0.05) is 31.5 Å². The van der Waals surface area contributed by atoms with Crippen molar-refractivity contribution in [3.8, 4) is 0 Å². The zero-order valence-electron chi connectivity index (χ0n) is 8.15. The molecule has 0 amide bonds. The van der Waals surface area contributed by atoms with E-state index >= 15 is 0 Å².